The zero-order valence-electron chi connectivity index (χ0n) is 17.9. The number of hydrazone groups is 1. The second kappa shape index (κ2) is 11.7. The van der Waals surface area contributed by atoms with Gasteiger partial charge in [0, 0.05) is 10.6 Å². The lowest BCUT2D eigenvalue weighted by Crippen LogP contribution is -2.48. The smallest absolute Gasteiger partial charge is 0.262 e. The van der Waals surface area contributed by atoms with Crippen LogP contribution in [0.1, 0.15) is 29.8 Å². The number of amides is 3. The average molecular weight is 461 g/mol. The predicted octanol–water partition coefficient (Wildman–Crippen LogP) is 2.12. The monoisotopic (exact) mass is 460 g/mol. The van der Waals surface area contributed by atoms with Gasteiger partial charge in [0.05, 0.1) is 13.3 Å². The van der Waals surface area contributed by atoms with Gasteiger partial charge in [0.1, 0.15) is 6.04 Å². The van der Waals surface area contributed by atoms with Gasteiger partial charge in [-0.2, -0.15) is 5.10 Å². The first-order chi connectivity index (χ1) is 15.2. The molecule has 2 aromatic carbocycles. The van der Waals surface area contributed by atoms with E-state index in [-0.39, 0.29) is 12.5 Å². The van der Waals surface area contributed by atoms with Gasteiger partial charge in [0.15, 0.2) is 18.1 Å². The SMILES string of the molecule is COc1cc(C=NNC(=O)C(NC(=O)c2cccc(Cl)c2)C(C)C)ccc1OCC(N)=O. The van der Waals surface area contributed by atoms with Crippen LogP contribution in [0, 0.1) is 5.92 Å². The summed E-state index contributed by atoms with van der Waals surface area (Å²) in [4.78, 5) is 35.9. The molecule has 0 heterocycles. The molecule has 170 valence electrons. The molecule has 0 aliphatic heterocycles. The molecule has 32 heavy (non-hydrogen) atoms. The Bertz CT molecular complexity index is 1010. The Balaban J connectivity index is 2.03. The number of nitrogens with zero attached hydrogens (tertiary/aromatic N) is 1. The van der Waals surface area contributed by atoms with Crippen LogP contribution in [0.25, 0.3) is 0 Å². The summed E-state index contributed by atoms with van der Waals surface area (Å²) in [6, 6.07) is 10.5. The van der Waals surface area contributed by atoms with Crippen molar-refractivity contribution in [1.29, 1.82) is 0 Å². The molecule has 2 aromatic rings. The Morgan fingerprint density at radius 1 is 1.16 bits per heavy atom. The van der Waals surface area contributed by atoms with Crippen molar-refractivity contribution in [3.05, 3.63) is 58.6 Å². The van der Waals surface area contributed by atoms with Gasteiger partial charge in [-0.15, -0.1) is 0 Å². The van der Waals surface area contributed by atoms with E-state index in [2.05, 4.69) is 15.8 Å². The number of hydrogen-bond acceptors (Lipinski definition) is 6. The van der Waals surface area contributed by atoms with E-state index in [1.807, 2.05) is 13.8 Å². The third kappa shape index (κ3) is 7.28. The van der Waals surface area contributed by atoms with E-state index in [9.17, 15) is 14.4 Å². The van der Waals surface area contributed by atoms with Crippen molar-refractivity contribution in [2.75, 3.05) is 13.7 Å². The molecule has 0 aromatic heterocycles. The molecule has 10 heteroatoms. The van der Waals surface area contributed by atoms with Crippen LogP contribution in [-0.2, 0) is 9.59 Å². The van der Waals surface area contributed by atoms with E-state index in [4.69, 9.17) is 26.8 Å². The molecule has 1 atom stereocenters. The molecule has 4 N–H and O–H groups in total. The summed E-state index contributed by atoms with van der Waals surface area (Å²) in [6.45, 7) is 3.33. The maximum atomic E-state index is 12.6. The molecule has 0 aliphatic rings. The molecule has 0 spiro atoms. The summed E-state index contributed by atoms with van der Waals surface area (Å²) in [6.07, 6.45) is 1.41. The Hall–Kier alpha value is -3.59. The fourth-order valence-corrected chi connectivity index (χ4v) is 2.85. The molecule has 0 radical (unpaired) electrons. The Morgan fingerprint density at radius 3 is 2.53 bits per heavy atom. The molecule has 0 aliphatic carbocycles. The Labute approximate surface area is 190 Å². The maximum Gasteiger partial charge on any atom is 0.262 e. The maximum absolute atomic E-state index is 12.6. The van der Waals surface area contributed by atoms with Gasteiger partial charge in [-0.05, 0) is 47.9 Å². The first kappa shape index (κ1) is 24.7. The summed E-state index contributed by atoms with van der Waals surface area (Å²) < 4.78 is 10.5. The lowest BCUT2D eigenvalue weighted by Gasteiger charge is -2.20. The number of halogens is 1. The molecule has 2 rings (SSSR count). The Morgan fingerprint density at radius 2 is 1.91 bits per heavy atom. The molecular formula is C22H25ClN4O5. The quantitative estimate of drug-likeness (QED) is 0.369. The molecule has 1 unspecified atom stereocenters. The van der Waals surface area contributed by atoms with Gasteiger partial charge in [0.2, 0.25) is 0 Å². The summed E-state index contributed by atoms with van der Waals surface area (Å²) in [5, 5.41) is 7.08. The zero-order chi connectivity index (χ0) is 23.7. The summed E-state index contributed by atoms with van der Waals surface area (Å²) in [5.41, 5.74) is 8.46. The number of hydrogen-bond donors (Lipinski definition) is 3. The fraction of sp³-hybridized carbons (Fsp3) is 0.273. The van der Waals surface area contributed by atoms with Gasteiger partial charge in [-0.3, -0.25) is 14.4 Å². The van der Waals surface area contributed by atoms with Gasteiger partial charge in [-0.1, -0.05) is 31.5 Å². The van der Waals surface area contributed by atoms with Crippen LogP contribution in [0.15, 0.2) is 47.6 Å². The summed E-state index contributed by atoms with van der Waals surface area (Å²) in [5.74, 6) is -0.967. The van der Waals surface area contributed by atoms with Crippen LogP contribution >= 0.6 is 11.6 Å². The van der Waals surface area contributed by atoms with Crippen molar-refractivity contribution >= 4 is 35.5 Å². The predicted molar refractivity (Wildman–Crippen MR) is 121 cm³/mol. The number of primary amides is 1. The zero-order valence-corrected chi connectivity index (χ0v) is 18.7. The molecule has 0 saturated heterocycles. The minimum atomic E-state index is -0.808. The van der Waals surface area contributed by atoms with Crippen LogP contribution in [0.5, 0.6) is 11.5 Å². The number of carbonyl (C=O) groups excluding carboxylic acids is 3. The van der Waals surface area contributed by atoms with Gasteiger partial charge >= 0.3 is 0 Å². The van der Waals surface area contributed by atoms with Gasteiger partial charge in [-0.25, -0.2) is 5.43 Å². The van der Waals surface area contributed by atoms with E-state index in [0.29, 0.717) is 27.6 Å². The average Bonchev–Trinajstić information content (AvgIpc) is 2.75. The minimum Gasteiger partial charge on any atom is -0.493 e. The largest absolute Gasteiger partial charge is 0.493 e. The van der Waals surface area contributed by atoms with Crippen molar-refractivity contribution in [2.24, 2.45) is 16.8 Å². The third-order valence-electron chi connectivity index (χ3n) is 4.27. The van der Waals surface area contributed by atoms with E-state index in [1.54, 1.807) is 36.4 Å². The van der Waals surface area contributed by atoms with Crippen LogP contribution in [0.3, 0.4) is 0 Å². The van der Waals surface area contributed by atoms with Crippen molar-refractivity contribution in [1.82, 2.24) is 10.7 Å². The first-order valence-corrected chi connectivity index (χ1v) is 10.1. The highest BCUT2D eigenvalue weighted by atomic mass is 35.5. The lowest BCUT2D eigenvalue weighted by molar-refractivity contribution is -0.124. The molecule has 0 fully saturated rings. The van der Waals surface area contributed by atoms with Crippen LogP contribution < -0.4 is 25.9 Å². The number of benzene rings is 2. The van der Waals surface area contributed by atoms with Crippen molar-refractivity contribution < 1.29 is 23.9 Å². The highest BCUT2D eigenvalue weighted by molar-refractivity contribution is 6.31. The minimum absolute atomic E-state index is 0.185. The molecule has 0 saturated carbocycles. The lowest BCUT2D eigenvalue weighted by atomic mass is 10.0. The summed E-state index contributed by atoms with van der Waals surface area (Å²) in [7, 11) is 1.45. The van der Waals surface area contributed by atoms with Crippen molar-refractivity contribution in [3.8, 4) is 11.5 Å². The van der Waals surface area contributed by atoms with E-state index >= 15 is 0 Å². The number of carbonyl (C=O) groups is 3. The normalized spacial score (nSPS) is 11.8. The second-order valence-electron chi connectivity index (χ2n) is 7.11. The Kier molecular flexibility index (Phi) is 9.03. The van der Waals surface area contributed by atoms with Crippen LogP contribution in [0.2, 0.25) is 5.02 Å². The van der Waals surface area contributed by atoms with E-state index in [0.717, 1.165) is 0 Å². The van der Waals surface area contributed by atoms with Crippen LogP contribution in [-0.4, -0.2) is 43.7 Å². The third-order valence-corrected chi connectivity index (χ3v) is 4.50. The highest BCUT2D eigenvalue weighted by Crippen LogP contribution is 2.27. The van der Waals surface area contributed by atoms with Crippen LogP contribution in [0.4, 0.5) is 0 Å². The number of methoxy groups -OCH3 is 1. The summed E-state index contributed by atoms with van der Waals surface area (Å²) >= 11 is 5.92. The number of ether oxygens (including phenoxy) is 2. The van der Waals surface area contributed by atoms with E-state index < -0.39 is 23.8 Å². The van der Waals surface area contributed by atoms with Crippen molar-refractivity contribution in [3.63, 3.8) is 0 Å². The van der Waals surface area contributed by atoms with Gasteiger partial charge in [0.25, 0.3) is 17.7 Å². The topological polar surface area (TPSA) is 132 Å². The molecule has 9 nitrogen and oxygen atoms in total. The highest BCUT2D eigenvalue weighted by Gasteiger charge is 2.24. The molecule has 0 bridgehead atoms. The number of nitrogens with one attached hydrogen (secondary N) is 2. The molecule has 3 amide bonds. The van der Waals surface area contributed by atoms with Gasteiger partial charge < -0.3 is 20.5 Å². The number of nitrogens with two attached hydrogens (primary N) is 1. The molecular weight excluding hydrogens is 436 g/mol. The fourth-order valence-electron chi connectivity index (χ4n) is 2.66. The van der Waals surface area contributed by atoms with E-state index in [1.165, 1.54) is 19.4 Å². The number of rotatable bonds is 10. The second-order valence-corrected chi connectivity index (χ2v) is 7.54. The van der Waals surface area contributed by atoms with Crippen molar-refractivity contribution in [2.45, 2.75) is 19.9 Å². The standard InChI is InChI=1S/C22H25ClN4O5/c1-13(2)20(26-21(29)15-5-4-6-16(23)10-15)22(30)27-25-11-14-7-8-17(18(9-14)31-3)32-12-19(24)28/h4-11,13,20H,12H2,1-3H3,(H2,24,28)(H,26,29)(H,27,30). The first-order valence-electron chi connectivity index (χ1n) is 9.69.